The maximum Gasteiger partial charge on any atom is 0.0700 e. The quantitative estimate of drug-likeness (QED) is 0.714. The normalized spacial score (nSPS) is 19.0. The second kappa shape index (κ2) is 6.10. The first-order chi connectivity index (χ1) is 8.92. The lowest BCUT2D eigenvalue weighted by molar-refractivity contribution is 1.32. The molecule has 5 heteroatoms. The highest BCUT2D eigenvalue weighted by Gasteiger charge is 2.16. The Bertz CT molecular complexity index is 548. The summed E-state index contributed by atoms with van der Waals surface area (Å²) in [4.78, 5) is 5.31. The molecule has 0 saturated carbocycles. The molecule has 0 unspecified atom stereocenters. The summed E-state index contributed by atoms with van der Waals surface area (Å²) >= 11 is 7.29. The van der Waals surface area contributed by atoms with E-state index in [1.54, 1.807) is 0 Å². The standard InChI is InChI=1S/C13H9NS4/c1(10-3-5-14-6-4-10)2-11-9-17-13(18-11)12-15-7-8-16-12/h1-9H. The third-order valence-corrected chi connectivity index (χ3v) is 7.22. The second-order valence-corrected chi connectivity index (χ2v) is 7.75. The van der Waals surface area contributed by atoms with Crippen molar-refractivity contribution in [3.05, 3.63) is 65.8 Å². The zero-order valence-corrected chi connectivity index (χ0v) is 12.5. The molecule has 0 atom stereocenters. The van der Waals surface area contributed by atoms with Gasteiger partial charge >= 0.3 is 0 Å². The Labute approximate surface area is 123 Å². The minimum atomic E-state index is 1.18. The zero-order chi connectivity index (χ0) is 12.2. The Kier molecular flexibility index (Phi) is 4.25. The van der Waals surface area contributed by atoms with Crippen molar-refractivity contribution in [3.63, 3.8) is 0 Å². The van der Waals surface area contributed by atoms with Crippen molar-refractivity contribution in [1.29, 1.82) is 0 Å². The molecule has 0 bridgehead atoms. The van der Waals surface area contributed by atoms with Crippen LogP contribution in [0.4, 0.5) is 0 Å². The molecule has 0 spiro atoms. The summed E-state index contributed by atoms with van der Waals surface area (Å²) in [6.07, 6.45) is 7.92. The Hall–Kier alpha value is -0.490. The predicted octanol–water partition coefficient (Wildman–Crippen LogP) is 5.49. The van der Waals surface area contributed by atoms with Gasteiger partial charge in [0.25, 0.3) is 0 Å². The number of allylic oxidation sites excluding steroid dienone is 1. The van der Waals surface area contributed by atoms with E-state index in [1.807, 2.05) is 71.6 Å². The summed E-state index contributed by atoms with van der Waals surface area (Å²) in [7, 11) is 0. The van der Waals surface area contributed by atoms with Gasteiger partial charge in [0.05, 0.1) is 8.47 Å². The Morgan fingerprint density at radius 2 is 1.67 bits per heavy atom. The van der Waals surface area contributed by atoms with E-state index < -0.39 is 0 Å². The molecule has 0 saturated heterocycles. The summed E-state index contributed by atoms with van der Waals surface area (Å²) in [6, 6.07) is 4.02. The summed E-state index contributed by atoms with van der Waals surface area (Å²) in [6.45, 7) is 0. The second-order valence-electron chi connectivity index (χ2n) is 3.44. The number of aromatic nitrogens is 1. The molecule has 2 aliphatic rings. The Balaban J connectivity index is 1.66. The lowest BCUT2D eigenvalue weighted by Crippen LogP contribution is -1.72. The first kappa shape index (κ1) is 12.5. The topological polar surface area (TPSA) is 12.9 Å². The van der Waals surface area contributed by atoms with Gasteiger partial charge in [-0.15, -0.1) is 0 Å². The van der Waals surface area contributed by atoms with E-state index in [0.29, 0.717) is 0 Å². The molecule has 0 aliphatic carbocycles. The van der Waals surface area contributed by atoms with Crippen molar-refractivity contribution >= 4 is 53.1 Å². The van der Waals surface area contributed by atoms with Crippen molar-refractivity contribution in [3.8, 4) is 0 Å². The van der Waals surface area contributed by atoms with Crippen LogP contribution in [0.15, 0.2) is 60.2 Å². The molecule has 0 aromatic carbocycles. The fourth-order valence-corrected chi connectivity index (χ4v) is 5.74. The number of thioether (sulfide) groups is 4. The minimum Gasteiger partial charge on any atom is -0.265 e. The molecule has 3 heterocycles. The van der Waals surface area contributed by atoms with Gasteiger partial charge in [0.15, 0.2) is 0 Å². The number of rotatable bonds is 2. The van der Waals surface area contributed by atoms with Gasteiger partial charge in [-0.05, 0) is 40.0 Å². The van der Waals surface area contributed by atoms with Gasteiger partial charge in [0.2, 0.25) is 0 Å². The van der Waals surface area contributed by atoms with Crippen molar-refractivity contribution in [2.45, 2.75) is 0 Å². The van der Waals surface area contributed by atoms with E-state index in [1.165, 1.54) is 18.9 Å². The Morgan fingerprint density at radius 1 is 0.889 bits per heavy atom. The average Bonchev–Trinajstić information content (AvgIpc) is 3.08. The predicted molar refractivity (Wildman–Crippen MR) is 87.9 cm³/mol. The van der Waals surface area contributed by atoms with Crippen LogP contribution in [0, 0.1) is 0 Å². The molecule has 0 radical (unpaired) electrons. The lowest BCUT2D eigenvalue weighted by atomic mass is 10.2. The maximum atomic E-state index is 4.01. The van der Waals surface area contributed by atoms with Crippen LogP contribution in [-0.2, 0) is 0 Å². The largest absolute Gasteiger partial charge is 0.265 e. The molecule has 2 aliphatic heterocycles. The summed E-state index contributed by atoms with van der Waals surface area (Å²) < 4.78 is 2.79. The molecule has 90 valence electrons. The van der Waals surface area contributed by atoms with Gasteiger partial charge in [-0.1, -0.05) is 53.1 Å². The van der Waals surface area contributed by atoms with Crippen molar-refractivity contribution in [1.82, 2.24) is 4.98 Å². The smallest absolute Gasteiger partial charge is 0.0700 e. The number of hydrogen-bond acceptors (Lipinski definition) is 5. The highest BCUT2D eigenvalue weighted by atomic mass is 32.2. The van der Waals surface area contributed by atoms with E-state index in [9.17, 15) is 0 Å². The average molecular weight is 307 g/mol. The van der Waals surface area contributed by atoms with E-state index in [-0.39, 0.29) is 0 Å². The minimum absolute atomic E-state index is 1.18. The fourth-order valence-electron chi connectivity index (χ4n) is 1.39. The van der Waals surface area contributed by atoms with Crippen LogP contribution in [0.1, 0.15) is 5.56 Å². The van der Waals surface area contributed by atoms with Crippen molar-refractivity contribution in [2.75, 3.05) is 0 Å². The van der Waals surface area contributed by atoms with Crippen LogP contribution in [0.3, 0.4) is 0 Å². The molecule has 1 aromatic rings. The number of pyridine rings is 1. The molecular formula is C13H9NS4. The van der Waals surface area contributed by atoms with Gasteiger partial charge < -0.3 is 0 Å². The molecule has 3 rings (SSSR count). The first-order valence-electron chi connectivity index (χ1n) is 5.27. The molecule has 18 heavy (non-hydrogen) atoms. The molecular weight excluding hydrogens is 298 g/mol. The zero-order valence-electron chi connectivity index (χ0n) is 9.28. The molecule has 0 N–H and O–H groups in total. The summed E-state index contributed by atoms with van der Waals surface area (Å²) in [5.74, 6) is 0. The third kappa shape index (κ3) is 3.09. The van der Waals surface area contributed by atoms with Crippen molar-refractivity contribution in [2.24, 2.45) is 0 Å². The molecule has 1 aromatic heterocycles. The first-order valence-corrected chi connectivity index (χ1v) is 8.73. The molecule has 0 fully saturated rings. The van der Waals surface area contributed by atoms with E-state index >= 15 is 0 Å². The van der Waals surface area contributed by atoms with Gasteiger partial charge in [0, 0.05) is 17.3 Å². The highest BCUT2D eigenvalue weighted by molar-refractivity contribution is 8.33. The third-order valence-electron chi connectivity index (χ3n) is 2.21. The summed E-state index contributed by atoms with van der Waals surface area (Å²) in [5.41, 5.74) is 1.18. The van der Waals surface area contributed by atoms with Crippen molar-refractivity contribution < 1.29 is 0 Å². The SMILES string of the molecule is C1=CSC(=C2SC=C(C=Cc3ccncc3)S2)S1. The Morgan fingerprint density at radius 3 is 2.44 bits per heavy atom. The van der Waals surface area contributed by atoms with E-state index in [2.05, 4.69) is 33.4 Å². The number of nitrogens with zero attached hydrogens (tertiary/aromatic N) is 1. The van der Waals surface area contributed by atoms with Crippen LogP contribution in [0.25, 0.3) is 6.08 Å². The van der Waals surface area contributed by atoms with Gasteiger partial charge in [-0.2, -0.15) is 0 Å². The molecule has 0 amide bonds. The monoisotopic (exact) mass is 307 g/mol. The van der Waals surface area contributed by atoms with Gasteiger partial charge in [0.1, 0.15) is 0 Å². The molecule has 1 nitrogen and oxygen atoms in total. The van der Waals surface area contributed by atoms with Crippen LogP contribution in [0.2, 0.25) is 0 Å². The van der Waals surface area contributed by atoms with Crippen LogP contribution in [0.5, 0.6) is 0 Å². The van der Waals surface area contributed by atoms with Gasteiger partial charge in [-0.25, -0.2) is 0 Å². The van der Waals surface area contributed by atoms with Crippen LogP contribution >= 0.6 is 47.0 Å². The lowest BCUT2D eigenvalue weighted by Gasteiger charge is -1.99. The highest BCUT2D eigenvalue weighted by Crippen LogP contribution is 2.53. The van der Waals surface area contributed by atoms with Crippen LogP contribution in [-0.4, -0.2) is 4.98 Å². The fraction of sp³-hybridized carbons (Fsp3) is 0. The van der Waals surface area contributed by atoms with Crippen LogP contribution < -0.4 is 0 Å². The van der Waals surface area contributed by atoms with Gasteiger partial charge in [-0.3, -0.25) is 4.98 Å². The maximum absolute atomic E-state index is 4.01. The van der Waals surface area contributed by atoms with E-state index in [4.69, 9.17) is 0 Å². The number of hydrogen-bond donors (Lipinski definition) is 0. The van der Waals surface area contributed by atoms with E-state index in [0.717, 1.165) is 0 Å². The summed E-state index contributed by atoms with van der Waals surface area (Å²) in [5, 5.41) is 6.49.